The highest BCUT2D eigenvalue weighted by Gasteiger charge is 2.30. The van der Waals surface area contributed by atoms with Gasteiger partial charge >= 0.3 is 0 Å². The third-order valence-corrected chi connectivity index (χ3v) is 8.51. The van der Waals surface area contributed by atoms with E-state index in [0.717, 1.165) is 37.1 Å². The topological polar surface area (TPSA) is 96.0 Å². The van der Waals surface area contributed by atoms with Crippen LogP contribution in [0.5, 0.6) is 5.75 Å². The van der Waals surface area contributed by atoms with Crippen molar-refractivity contribution >= 4 is 33.2 Å². The number of likely N-dealkylation sites (tertiary alicyclic amines) is 1. The highest BCUT2D eigenvalue weighted by molar-refractivity contribution is 7.92. The molecule has 0 atom stereocenters. The average molecular weight is 520 g/mol. The summed E-state index contributed by atoms with van der Waals surface area (Å²) < 4.78 is 33.2. The maximum atomic E-state index is 13.1. The number of rotatable bonds is 8. The van der Waals surface area contributed by atoms with Crippen molar-refractivity contribution in [2.75, 3.05) is 35.9 Å². The average Bonchev–Trinajstić information content (AvgIpc) is 3.60. The van der Waals surface area contributed by atoms with Crippen LogP contribution < -0.4 is 14.4 Å². The number of amides is 2. The number of carbonyl (C=O) groups is 2. The van der Waals surface area contributed by atoms with E-state index in [2.05, 4.69) is 5.32 Å². The molecule has 9 heteroatoms. The lowest BCUT2D eigenvalue weighted by molar-refractivity contribution is -0.129. The first kappa shape index (κ1) is 24.8. The Labute approximate surface area is 216 Å². The van der Waals surface area contributed by atoms with Crippen molar-refractivity contribution in [3.8, 4) is 5.75 Å². The standard InChI is InChI=1S/C28H29N3O5S/c32-27(29-23-9-7-21(8-10-23)19-28(33)30-16-3-4-17-30)20-36-24-11-13-25(14-12-24)37(34,35)31-18-15-22-5-1-2-6-26(22)31/h1-2,5-14H,3-4,15-20H2,(H,29,32). The Morgan fingerprint density at radius 2 is 1.57 bits per heavy atom. The van der Waals surface area contributed by atoms with Crippen LogP contribution in [0.3, 0.4) is 0 Å². The number of hydrogen-bond donors (Lipinski definition) is 1. The molecule has 2 aliphatic rings. The third-order valence-electron chi connectivity index (χ3n) is 6.68. The molecule has 2 amide bonds. The van der Waals surface area contributed by atoms with Crippen LogP contribution in [-0.4, -0.2) is 51.4 Å². The van der Waals surface area contributed by atoms with Crippen LogP contribution in [0, 0.1) is 0 Å². The molecule has 3 aromatic rings. The maximum absolute atomic E-state index is 13.1. The van der Waals surface area contributed by atoms with E-state index in [1.54, 1.807) is 24.3 Å². The zero-order valence-electron chi connectivity index (χ0n) is 20.4. The van der Waals surface area contributed by atoms with Gasteiger partial charge in [-0.2, -0.15) is 0 Å². The predicted octanol–water partition coefficient (Wildman–Crippen LogP) is 3.62. The van der Waals surface area contributed by atoms with Crippen LogP contribution in [0.1, 0.15) is 24.0 Å². The second-order valence-corrected chi connectivity index (χ2v) is 11.1. The van der Waals surface area contributed by atoms with Gasteiger partial charge in [0.15, 0.2) is 6.61 Å². The van der Waals surface area contributed by atoms with E-state index in [0.29, 0.717) is 36.5 Å². The van der Waals surface area contributed by atoms with Crippen molar-refractivity contribution in [3.05, 3.63) is 83.9 Å². The number of nitrogens with zero attached hydrogens (tertiary/aromatic N) is 2. The molecule has 2 heterocycles. The molecule has 2 aliphatic heterocycles. The number of carbonyl (C=O) groups excluding carboxylic acids is 2. The van der Waals surface area contributed by atoms with Gasteiger partial charge in [0, 0.05) is 25.3 Å². The SMILES string of the molecule is O=C(COc1ccc(S(=O)(=O)N2CCc3ccccc32)cc1)Nc1ccc(CC(=O)N2CCCC2)cc1. The Hall–Kier alpha value is -3.85. The Morgan fingerprint density at radius 3 is 2.30 bits per heavy atom. The molecule has 5 rings (SSSR count). The van der Waals surface area contributed by atoms with E-state index < -0.39 is 10.0 Å². The van der Waals surface area contributed by atoms with E-state index >= 15 is 0 Å². The Kier molecular flexibility index (Phi) is 7.14. The summed E-state index contributed by atoms with van der Waals surface area (Å²) in [7, 11) is -3.68. The van der Waals surface area contributed by atoms with Gasteiger partial charge in [-0.3, -0.25) is 13.9 Å². The zero-order valence-corrected chi connectivity index (χ0v) is 21.2. The summed E-state index contributed by atoms with van der Waals surface area (Å²) in [6.45, 7) is 1.85. The van der Waals surface area contributed by atoms with Crippen LogP contribution in [0.2, 0.25) is 0 Å². The lowest BCUT2D eigenvalue weighted by Crippen LogP contribution is -2.29. The highest BCUT2D eigenvalue weighted by atomic mass is 32.2. The minimum absolute atomic E-state index is 0.131. The summed E-state index contributed by atoms with van der Waals surface area (Å²) in [5.41, 5.74) is 3.24. The number of benzene rings is 3. The number of anilines is 2. The normalized spacial score (nSPS) is 14.9. The molecule has 3 aromatic carbocycles. The van der Waals surface area contributed by atoms with Gasteiger partial charge in [-0.1, -0.05) is 30.3 Å². The smallest absolute Gasteiger partial charge is 0.264 e. The van der Waals surface area contributed by atoms with Gasteiger partial charge < -0.3 is 15.0 Å². The minimum atomic E-state index is -3.68. The summed E-state index contributed by atoms with van der Waals surface area (Å²) in [6, 6.07) is 20.8. The van der Waals surface area contributed by atoms with Crippen molar-refractivity contribution in [3.63, 3.8) is 0 Å². The first-order chi connectivity index (χ1) is 17.9. The summed E-state index contributed by atoms with van der Waals surface area (Å²) in [5.74, 6) is 0.185. The lowest BCUT2D eigenvalue weighted by atomic mass is 10.1. The van der Waals surface area contributed by atoms with Crippen molar-refractivity contribution in [1.29, 1.82) is 0 Å². The van der Waals surface area contributed by atoms with E-state index in [-0.39, 0.29) is 23.3 Å². The van der Waals surface area contributed by atoms with Crippen LogP contribution in [0.15, 0.2) is 77.7 Å². The minimum Gasteiger partial charge on any atom is -0.484 e. The summed E-state index contributed by atoms with van der Waals surface area (Å²) >= 11 is 0. The number of ether oxygens (including phenoxy) is 1. The molecule has 0 aliphatic carbocycles. The second kappa shape index (κ2) is 10.6. The van der Waals surface area contributed by atoms with Gasteiger partial charge in [0.1, 0.15) is 5.75 Å². The quantitative estimate of drug-likeness (QED) is 0.491. The molecule has 0 unspecified atom stereocenters. The monoisotopic (exact) mass is 519 g/mol. The third kappa shape index (κ3) is 5.61. The molecule has 0 radical (unpaired) electrons. The molecule has 8 nitrogen and oxygen atoms in total. The van der Waals surface area contributed by atoms with E-state index in [1.165, 1.54) is 16.4 Å². The largest absolute Gasteiger partial charge is 0.484 e. The highest BCUT2D eigenvalue weighted by Crippen LogP contribution is 2.33. The fraction of sp³-hybridized carbons (Fsp3) is 0.286. The first-order valence-electron chi connectivity index (χ1n) is 12.4. The van der Waals surface area contributed by atoms with Crippen molar-refractivity contribution in [1.82, 2.24) is 4.90 Å². The number of nitrogens with one attached hydrogen (secondary N) is 1. The predicted molar refractivity (Wildman–Crippen MR) is 141 cm³/mol. The molecule has 37 heavy (non-hydrogen) atoms. The molecular weight excluding hydrogens is 490 g/mol. The molecule has 1 fully saturated rings. The molecule has 0 saturated carbocycles. The van der Waals surface area contributed by atoms with Gasteiger partial charge in [0.25, 0.3) is 15.9 Å². The zero-order chi connectivity index (χ0) is 25.8. The second-order valence-electron chi connectivity index (χ2n) is 9.23. The summed E-state index contributed by atoms with van der Waals surface area (Å²) in [4.78, 5) is 26.7. The lowest BCUT2D eigenvalue weighted by Gasteiger charge is -2.19. The van der Waals surface area contributed by atoms with Crippen LogP contribution in [0.4, 0.5) is 11.4 Å². The summed E-state index contributed by atoms with van der Waals surface area (Å²) in [5, 5.41) is 2.77. The molecule has 0 aromatic heterocycles. The van der Waals surface area contributed by atoms with E-state index in [9.17, 15) is 18.0 Å². The molecular formula is C28H29N3O5S. The van der Waals surface area contributed by atoms with Crippen LogP contribution in [-0.2, 0) is 32.5 Å². The van der Waals surface area contributed by atoms with Gasteiger partial charge in [0.2, 0.25) is 5.91 Å². The Balaban J connectivity index is 1.12. The first-order valence-corrected chi connectivity index (χ1v) is 13.8. The maximum Gasteiger partial charge on any atom is 0.264 e. The van der Waals surface area contributed by atoms with Crippen LogP contribution in [0.25, 0.3) is 0 Å². The van der Waals surface area contributed by atoms with E-state index in [4.69, 9.17) is 4.74 Å². The van der Waals surface area contributed by atoms with Crippen molar-refractivity contribution < 1.29 is 22.7 Å². The number of fused-ring (bicyclic) bond motifs is 1. The van der Waals surface area contributed by atoms with Crippen LogP contribution >= 0.6 is 0 Å². The van der Waals surface area contributed by atoms with E-state index in [1.807, 2.05) is 41.3 Å². The fourth-order valence-corrected chi connectivity index (χ4v) is 6.20. The molecule has 192 valence electrons. The van der Waals surface area contributed by atoms with Crippen molar-refractivity contribution in [2.45, 2.75) is 30.6 Å². The number of sulfonamides is 1. The number of hydrogen-bond acceptors (Lipinski definition) is 5. The van der Waals surface area contributed by atoms with Gasteiger partial charge in [-0.25, -0.2) is 8.42 Å². The van der Waals surface area contributed by atoms with Gasteiger partial charge in [-0.15, -0.1) is 0 Å². The van der Waals surface area contributed by atoms with Crippen molar-refractivity contribution in [2.24, 2.45) is 0 Å². The molecule has 0 bridgehead atoms. The molecule has 0 spiro atoms. The number of para-hydroxylation sites is 1. The summed E-state index contributed by atoms with van der Waals surface area (Å²) in [6.07, 6.45) is 3.17. The van der Waals surface area contributed by atoms with Gasteiger partial charge in [-0.05, 0) is 72.9 Å². The fourth-order valence-electron chi connectivity index (χ4n) is 4.70. The van der Waals surface area contributed by atoms with Gasteiger partial charge in [0.05, 0.1) is 17.0 Å². The molecule has 1 saturated heterocycles. The Morgan fingerprint density at radius 1 is 0.865 bits per heavy atom. The Bertz CT molecular complexity index is 1380. The molecule has 1 N–H and O–H groups in total.